The first-order chi connectivity index (χ1) is 13.8. The van der Waals surface area contributed by atoms with E-state index in [2.05, 4.69) is 13.2 Å². The van der Waals surface area contributed by atoms with Gasteiger partial charge in [-0.05, 0) is 12.5 Å². The van der Waals surface area contributed by atoms with Crippen molar-refractivity contribution < 1.29 is 29.0 Å². The van der Waals surface area contributed by atoms with Gasteiger partial charge in [-0.25, -0.2) is 0 Å². The summed E-state index contributed by atoms with van der Waals surface area (Å²) in [5.74, 6) is -5.22. The molecular weight excluding hydrogens is 372 g/mol. The Labute approximate surface area is 170 Å². The van der Waals surface area contributed by atoms with E-state index in [9.17, 15) is 19.5 Å². The Bertz CT molecular complexity index is 793. The van der Waals surface area contributed by atoms with E-state index in [1.54, 1.807) is 12.2 Å². The van der Waals surface area contributed by atoms with Crippen molar-refractivity contribution in [1.29, 1.82) is 0 Å². The van der Waals surface area contributed by atoms with E-state index in [-0.39, 0.29) is 19.6 Å². The molecule has 1 aliphatic carbocycles. The number of hydrogen-bond donors (Lipinski definition) is 1. The molecule has 0 amide bonds. The predicted octanol–water partition coefficient (Wildman–Crippen LogP) is 2.73. The van der Waals surface area contributed by atoms with E-state index >= 15 is 0 Å². The fourth-order valence-electron chi connectivity index (χ4n) is 3.56. The molecule has 29 heavy (non-hydrogen) atoms. The van der Waals surface area contributed by atoms with Gasteiger partial charge in [-0.15, -0.1) is 0 Å². The molecule has 4 atom stereocenters. The van der Waals surface area contributed by atoms with E-state index in [0.717, 1.165) is 5.56 Å². The van der Waals surface area contributed by atoms with Gasteiger partial charge in [0.15, 0.2) is 5.78 Å². The Hall–Kier alpha value is -2.99. The molecule has 1 aromatic carbocycles. The molecule has 1 aromatic rings. The van der Waals surface area contributed by atoms with Crippen molar-refractivity contribution in [3.05, 3.63) is 67.3 Å². The lowest BCUT2D eigenvalue weighted by atomic mass is 9.63. The topological polar surface area (TPSA) is 89.9 Å². The van der Waals surface area contributed by atoms with E-state index in [1.807, 2.05) is 30.3 Å². The summed E-state index contributed by atoms with van der Waals surface area (Å²) in [7, 11) is 0. The monoisotopic (exact) mass is 398 g/mol. The lowest BCUT2D eigenvalue weighted by Crippen LogP contribution is -2.56. The van der Waals surface area contributed by atoms with E-state index < -0.39 is 41.1 Å². The van der Waals surface area contributed by atoms with Gasteiger partial charge in [-0.3, -0.25) is 14.4 Å². The Morgan fingerprint density at radius 2 is 1.72 bits per heavy atom. The molecular formula is C23H26O6. The Balaban J connectivity index is 2.46. The van der Waals surface area contributed by atoms with Crippen LogP contribution in [0.4, 0.5) is 0 Å². The Morgan fingerprint density at radius 3 is 2.31 bits per heavy atom. The first-order valence-electron chi connectivity index (χ1n) is 9.35. The summed E-state index contributed by atoms with van der Waals surface area (Å²) in [4.78, 5) is 38.1. The third-order valence-corrected chi connectivity index (χ3v) is 4.82. The van der Waals surface area contributed by atoms with Crippen molar-refractivity contribution in [2.45, 2.75) is 18.9 Å². The zero-order chi connectivity index (χ0) is 21.4. The number of carbonyl (C=O) groups is 3. The van der Waals surface area contributed by atoms with Gasteiger partial charge in [0, 0.05) is 12.3 Å². The van der Waals surface area contributed by atoms with Crippen molar-refractivity contribution in [1.82, 2.24) is 0 Å². The van der Waals surface area contributed by atoms with E-state index in [1.165, 1.54) is 19.1 Å². The highest BCUT2D eigenvalue weighted by molar-refractivity contribution is 6.02. The van der Waals surface area contributed by atoms with Crippen molar-refractivity contribution in [3.8, 4) is 0 Å². The molecule has 0 unspecified atom stereocenters. The second-order valence-electron chi connectivity index (χ2n) is 7.14. The molecule has 154 valence electrons. The zero-order valence-corrected chi connectivity index (χ0v) is 16.5. The number of ether oxygens (including phenoxy) is 2. The van der Waals surface area contributed by atoms with Crippen LogP contribution < -0.4 is 0 Å². The Morgan fingerprint density at radius 1 is 1.14 bits per heavy atom. The molecule has 0 radical (unpaired) electrons. The number of esters is 2. The highest BCUT2D eigenvalue weighted by atomic mass is 16.5. The second kappa shape index (κ2) is 9.98. The number of rotatable bonds is 8. The number of allylic oxidation sites excluding steroid dienone is 1. The summed E-state index contributed by atoms with van der Waals surface area (Å²) in [5.41, 5.74) is -0.849. The van der Waals surface area contributed by atoms with Gasteiger partial charge in [0.25, 0.3) is 0 Å². The van der Waals surface area contributed by atoms with Gasteiger partial charge in [0.1, 0.15) is 19.1 Å². The van der Waals surface area contributed by atoms with Crippen LogP contribution in [0.15, 0.2) is 61.7 Å². The minimum absolute atomic E-state index is 0.0416. The summed E-state index contributed by atoms with van der Waals surface area (Å²) in [6.07, 6.45) is 5.75. The van der Waals surface area contributed by atoms with Crippen LogP contribution in [-0.4, -0.2) is 41.6 Å². The molecule has 2 rings (SSSR count). The van der Waals surface area contributed by atoms with Gasteiger partial charge in [0.05, 0.1) is 11.5 Å². The fraction of sp³-hybridized carbons (Fsp3) is 0.348. The molecule has 0 aromatic heterocycles. The van der Waals surface area contributed by atoms with Crippen LogP contribution in [0.25, 0.3) is 6.08 Å². The number of ketones is 1. The molecule has 1 saturated carbocycles. The third-order valence-electron chi connectivity index (χ3n) is 4.82. The Kier molecular flexibility index (Phi) is 7.67. The minimum Gasteiger partial charge on any atom is -0.461 e. The van der Waals surface area contributed by atoms with Gasteiger partial charge in [0.2, 0.25) is 0 Å². The number of aliphatic hydroxyl groups is 1. The molecule has 0 heterocycles. The van der Waals surface area contributed by atoms with E-state index in [4.69, 9.17) is 9.47 Å². The molecule has 6 heteroatoms. The number of benzene rings is 1. The number of Topliss-reactive ketones (excluding diaryl/α,β-unsaturated/α-hetero) is 1. The van der Waals surface area contributed by atoms with Crippen LogP contribution in [0.2, 0.25) is 0 Å². The maximum Gasteiger partial charge on any atom is 0.317 e. The maximum absolute atomic E-state index is 12.7. The first kappa shape index (κ1) is 22.3. The normalized spacial score (nSPS) is 26.7. The van der Waals surface area contributed by atoms with Gasteiger partial charge in [-0.1, -0.05) is 67.8 Å². The van der Waals surface area contributed by atoms with Crippen molar-refractivity contribution >= 4 is 23.8 Å². The molecule has 1 N–H and O–H groups in total. The zero-order valence-electron chi connectivity index (χ0n) is 16.5. The molecule has 0 bridgehead atoms. The molecule has 1 aliphatic rings. The van der Waals surface area contributed by atoms with Crippen molar-refractivity contribution in [2.24, 2.45) is 17.8 Å². The van der Waals surface area contributed by atoms with Crippen LogP contribution in [0.3, 0.4) is 0 Å². The van der Waals surface area contributed by atoms with Gasteiger partial charge >= 0.3 is 11.9 Å². The molecule has 1 fully saturated rings. The standard InChI is InChI=1S/C23H26O6/c1-4-13-28-21(25)19-17(12-11-16-9-7-6-8-10-16)20(22(26)29-14-5-2)23(3,27)15-18(19)24/h4-12,17,19-20,27H,1-2,13-15H2,3H3/b12-11+/t17-,19-,20-,23-/m0/s1. The highest BCUT2D eigenvalue weighted by Gasteiger charge is 2.55. The molecule has 0 aliphatic heterocycles. The molecule has 0 spiro atoms. The minimum atomic E-state index is -1.67. The van der Waals surface area contributed by atoms with Crippen molar-refractivity contribution in [2.75, 3.05) is 13.2 Å². The summed E-state index contributed by atoms with van der Waals surface area (Å²) < 4.78 is 10.3. The van der Waals surface area contributed by atoms with Crippen LogP contribution >= 0.6 is 0 Å². The lowest BCUT2D eigenvalue weighted by Gasteiger charge is -2.42. The first-order valence-corrected chi connectivity index (χ1v) is 9.35. The van der Waals surface area contributed by atoms with Crippen LogP contribution in [0.1, 0.15) is 18.9 Å². The highest BCUT2D eigenvalue weighted by Crippen LogP contribution is 2.42. The summed E-state index contributed by atoms with van der Waals surface area (Å²) in [6.45, 7) is 8.30. The van der Waals surface area contributed by atoms with Crippen LogP contribution in [0.5, 0.6) is 0 Å². The van der Waals surface area contributed by atoms with Gasteiger partial charge < -0.3 is 14.6 Å². The van der Waals surface area contributed by atoms with Crippen LogP contribution in [0, 0.1) is 17.8 Å². The van der Waals surface area contributed by atoms with Gasteiger partial charge in [-0.2, -0.15) is 0 Å². The smallest absolute Gasteiger partial charge is 0.317 e. The predicted molar refractivity (Wildman–Crippen MR) is 109 cm³/mol. The molecule has 6 nitrogen and oxygen atoms in total. The quantitative estimate of drug-likeness (QED) is 0.411. The van der Waals surface area contributed by atoms with Crippen molar-refractivity contribution in [3.63, 3.8) is 0 Å². The van der Waals surface area contributed by atoms with Crippen LogP contribution in [-0.2, 0) is 23.9 Å². The number of hydrogen-bond acceptors (Lipinski definition) is 6. The average molecular weight is 398 g/mol. The number of carbonyl (C=O) groups excluding carboxylic acids is 3. The molecule has 0 saturated heterocycles. The summed E-state index contributed by atoms with van der Waals surface area (Å²) in [5, 5.41) is 10.9. The average Bonchev–Trinajstić information content (AvgIpc) is 2.68. The SMILES string of the molecule is C=CCOC(=O)[C@@H]1C(=O)C[C@](C)(O)[C@H](C(=O)OCC=C)[C@H]1/C=C/c1ccccc1. The largest absolute Gasteiger partial charge is 0.461 e. The maximum atomic E-state index is 12.7. The van der Waals surface area contributed by atoms with E-state index in [0.29, 0.717) is 0 Å². The lowest BCUT2D eigenvalue weighted by molar-refractivity contribution is -0.174. The summed E-state index contributed by atoms with van der Waals surface area (Å²) >= 11 is 0. The second-order valence-corrected chi connectivity index (χ2v) is 7.14. The fourth-order valence-corrected chi connectivity index (χ4v) is 3.56. The third kappa shape index (κ3) is 5.51. The summed E-state index contributed by atoms with van der Waals surface area (Å²) in [6, 6.07) is 9.23.